The average Bonchev–Trinajstić information content (AvgIpc) is 2.60. The van der Waals surface area contributed by atoms with Gasteiger partial charge in [0.05, 0.1) is 6.04 Å². The van der Waals surface area contributed by atoms with Crippen LogP contribution in [0.2, 0.25) is 0 Å². The van der Waals surface area contributed by atoms with E-state index in [0.717, 1.165) is 24.8 Å². The third-order valence-corrected chi connectivity index (χ3v) is 4.62. The van der Waals surface area contributed by atoms with Crippen LogP contribution in [-0.2, 0) is 20.8 Å². The minimum Gasteiger partial charge on any atom is -0.480 e. The molecule has 142 valence electrons. The van der Waals surface area contributed by atoms with Crippen molar-refractivity contribution in [1.29, 1.82) is 0 Å². The lowest BCUT2D eigenvalue weighted by atomic mass is 10.00. The number of carbonyl (C=O) groups is 3. The summed E-state index contributed by atoms with van der Waals surface area (Å²) in [6.45, 7) is 0.0455. The van der Waals surface area contributed by atoms with Gasteiger partial charge in [0.15, 0.2) is 0 Å². The molecule has 1 amide bonds. The van der Waals surface area contributed by atoms with Gasteiger partial charge in [0.25, 0.3) is 0 Å². The first-order chi connectivity index (χ1) is 12.5. The molecule has 0 bridgehead atoms. The van der Waals surface area contributed by atoms with Gasteiger partial charge in [-0.05, 0) is 31.2 Å². The lowest BCUT2D eigenvalue weighted by Crippen LogP contribution is -2.53. The number of nitrogens with one attached hydrogen (secondary N) is 1. The summed E-state index contributed by atoms with van der Waals surface area (Å²) in [5, 5.41) is 21.5. The van der Waals surface area contributed by atoms with Crippen LogP contribution in [0, 0.1) is 0 Å². The van der Waals surface area contributed by atoms with E-state index in [1.165, 1.54) is 4.90 Å². The number of amides is 1. The monoisotopic (exact) mass is 362 g/mol. The van der Waals surface area contributed by atoms with Crippen molar-refractivity contribution in [2.75, 3.05) is 13.1 Å². The maximum absolute atomic E-state index is 12.7. The molecule has 2 atom stereocenters. The third-order valence-electron chi connectivity index (χ3n) is 4.62. The van der Waals surface area contributed by atoms with Crippen LogP contribution in [0.1, 0.15) is 37.7 Å². The standard InChI is InChI=1S/C19H26N2O5/c22-17(23)13-21-12-6-2-5-9-15(18(21)24)20-16(19(25)26)11-10-14-7-3-1-4-8-14/h1,3-4,7-8,15-16,20H,2,5-6,9-13H2,(H,22,23)(H,25,26)/t15-,16-/m0/s1. The van der Waals surface area contributed by atoms with Gasteiger partial charge in [0.2, 0.25) is 5.91 Å². The molecule has 1 aromatic rings. The second-order valence-corrected chi connectivity index (χ2v) is 6.64. The lowest BCUT2D eigenvalue weighted by Gasteiger charge is -2.30. The summed E-state index contributed by atoms with van der Waals surface area (Å²) in [5.41, 5.74) is 1.04. The molecule has 0 saturated carbocycles. The summed E-state index contributed by atoms with van der Waals surface area (Å²) < 4.78 is 0. The Balaban J connectivity index is 2.02. The van der Waals surface area contributed by atoms with Crippen LogP contribution in [-0.4, -0.2) is 58.1 Å². The molecule has 1 saturated heterocycles. The molecular formula is C19H26N2O5. The van der Waals surface area contributed by atoms with Gasteiger partial charge >= 0.3 is 11.9 Å². The highest BCUT2D eigenvalue weighted by atomic mass is 16.4. The lowest BCUT2D eigenvalue weighted by molar-refractivity contribution is -0.147. The molecule has 0 aliphatic carbocycles. The van der Waals surface area contributed by atoms with Gasteiger partial charge in [-0.2, -0.15) is 0 Å². The Morgan fingerprint density at radius 3 is 2.54 bits per heavy atom. The quantitative estimate of drug-likeness (QED) is 0.647. The highest BCUT2D eigenvalue weighted by Crippen LogP contribution is 2.15. The van der Waals surface area contributed by atoms with Crippen LogP contribution in [0.25, 0.3) is 0 Å². The summed E-state index contributed by atoms with van der Waals surface area (Å²) >= 11 is 0. The fourth-order valence-corrected chi connectivity index (χ4v) is 3.23. The molecule has 0 aromatic heterocycles. The normalized spacial score (nSPS) is 19.5. The van der Waals surface area contributed by atoms with Crippen molar-refractivity contribution in [1.82, 2.24) is 10.2 Å². The van der Waals surface area contributed by atoms with Crippen LogP contribution in [0.4, 0.5) is 0 Å². The Bertz CT molecular complexity index is 620. The van der Waals surface area contributed by atoms with E-state index in [9.17, 15) is 19.5 Å². The first-order valence-corrected chi connectivity index (χ1v) is 9.00. The van der Waals surface area contributed by atoms with Crippen molar-refractivity contribution in [3.05, 3.63) is 35.9 Å². The molecule has 1 aromatic carbocycles. The SMILES string of the molecule is O=C(O)CN1CCCCC[C@H](N[C@@H](CCc2ccccc2)C(=O)O)C1=O. The topological polar surface area (TPSA) is 107 Å². The van der Waals surface area contributed by atoms with Crippen LogP contribution in [0.5, 0.6) is 0 Å². The summed E-state index contributed by atoms with van der Waals surface area (Å²) in [5.74, 6) is -2.38. The fourth-order valence-electron chi connectivity index (χ4n) is 3.23. The number of likely N-dealkylation sites (tertiary alicyclic amines) is 1. The third kappa shape index (κ3) is 6.15. The molecule has 0 unspecified atom stereocenters. The number of nitrogens with zero attached hydrogens (tertiary/aromatic N) is 1. The van der Waals surface area contributed by atoms with Gasteiger partial charge in [-0.3, -0.25) is 19.7 Å². The van der Waals surface area contributed by atoms with Crippen molar-refractivity contribution in [2.45, 2.75) is 50.6 Å². The molecule has 1 fully saturated rings. The maximum atomic E-state index is 12.7. The van der Waals surface area contributed by atoms with Crippen LogP contribution < -0.4 is 5.32 Å². The van der Waals surface area contributed by atoms with Gasteiger partial charge in [-0.25, -0.2) is 0 Å². The molecule has 0 spiro atoms. The number of carboxylic acids is 2. The summed E-state index contributed by atoms with van der Waals surface area (Å²) in [6, 6.07) is 8.08. The van der Waals surface area contributed by atoms with E-state index in [4.69, 9.17) is 5.11 Å². The van der Waals surface area contributed by atoms with Crippen molar-refractivity contribution in [3.63, 3.8) is 0 Å². The highest BCUT2D eigenvalue weighted by molar-refractivity contribution is 5.86. The number of hydrogen-bond donors (Lipinski definition) is 3. The predicted octanol–water partition coefficient (Wildman–Crippen LogP) is 1.52. The number of benzene rings is 1. The maximum Gasteiger partial charge on any atom is 0.323 e. The molecule has 1 aliphatic heterocycles. The molecular weight excluding hydrogens is 336 g/mol. The van der Waals surface area contributed by atoms with Crippen LogP contribution in [0.3, 0.4) is 0 Å². The Morgan fingerprint density at radius 1 is 1.15 bits per heavy atom. The van der Waals surface area contributed by atoms with Crippen LogP contribution >= 0.6 is 0 Å². The first-order valence-electron chi connectivity index (χ1n) is 9.00. The van der Waals surface area contributed by atoms with Crippen molar-refractivity contribution in [2.24, 2.45) is 0 Å². The number of carboxylic acid groups (broad SMARTS) is 2. The highest BCUT2D eigenvalue weighted by Gasteiger charge is 2.30. The minimum absolute atomic E-state index is 0.321. The van der Waals surface area contributed by atoms with Crippen molar-refractivity contribution >= 4 is 17.8 Å². The van der Waals surface area contributed by atoms with E-state index in [0.29, 0.717) is 25.8 Å². The van der Waals surface area contributed by atoms with E-state index in [1.54, 1.807) is 0 Å². The zero-order valence-electron chi connectivity index (χ0n) is 14.8. The van der Waals surface area contributed by atoms with E-state index >= 15 is 0 Å². The van der Waals surface area contributed by atoms with Gasteiger partial charge < -0.3 is 15.1 Å². The van der Waals surface area contributed by atoms with E-state index in [-0.39, 0.29) is 12.5 Å². The predicted molar refractivity (Wildman–Crippen MR) is 95.8 cm³/mol. The Kier molecular flexibility index (Phi) is 7.59. The number of aliphatic carboxylic acids is 2. The van der Waals surface area contributed by atoms with Gasteiger partial charge in [-0.15, -0.1) is 0 Å². The van der Waals surface area contributed by atoms with Gasteiger partial charge in [-0.1, -0.05) is 43.2 Å². The van der Waals surface area contributed by atoms with E-state index in [2.05, 4.69) is 5.32 Å². The van der Waals surface area contributed by atoms with Crippen molar-refractivity contribution < 1.29 is 24.6 Å². The molecule has 7 nitrogen and oxygen atoms in total. The van der Waals surface area contributed by atoms with E-state index in [1.807, 2.05) is 30.3 Å². The molecule has 7 heteroatoms. The zero-order valence-corrected chi connectivity index (χ0v) is 14.8. The summed E-state index contributed by atoms with van der Waals surface area (Å²) in [6.07, 6.45) is 3.94. The number of aryl methyl sites for hydroxylation is 1. The van der Waals surface area contributed by atoms with Gasteiger partial charge in [0, 0.05) is 6.54 Å². The smallest absolute Gasteiger partial charge is 0.323 e. The fraction of sp³-hybridized carbons (Fsp3) is 0.526. The Morgan fingerprint density at radius 2 is 1.88 bits per heavy atom. The average molecular weight is 362 g/mol. The summed E-state index contributed by atoms with van der Waals surface area (Å²) in [4.78, 5) is 36.6. The van der Waals surface area contributed by atoms with Crippen molar-refractivity contribution in [3.8, 4) is 0 Å². The molecule has 1 heterocycles. The number of carbonyl (C=O) groups excluding carboxylic acids is 1. The summed E-state index contributed by atoms with van der Waals surface area (Å²) in [7, 11) is 0. The van der Waals surface area contributed by atoms with E-state index < -0.39 is 24.0 Å². The Hall–Kier alpha value is -2.41. The molecule has 3 N–H and O–H groups in total. The zero-order chi connectivity index (χ0) is 18.9. The largest absolute Gasteiger partial charge is 0.480 e. The second kappa shape index (κ2) is 9.91. The molecule has 0 radical (unpaired) electrons. The molecule has 2 rings (SSSR count). The van der Waals surface area contributed by atoms with Gasteiger partial charge in [0.1, 0.15) is 12.6 Å². The Labute approximate surface area is 153 Å². The number of rotatable bonds is 8. The number of hydrogen-bond acceptors (Lipinski definition) is 4. The second-order valence-electron chi connectivity index (χ2n) is 6.64. The molecule has 1 aliphatic rings. The molecule has 26 heavy (non-hydrogen) atoms. The minimum atomic E-state index is -1.06. The van der Waals surface area contributed by atoms with Crippen LogP contribution in [0.15, 0.2) is 30.3 Å². The first kappa shape index (κ1) is 19.9.